The van der Waals surface area contributed by atoms with Crippen LogP contribution in [0.25, 0.3) is 10.2 Å². The average Bonchev–Trinajstić information content (AvgIpc) is 3.30. The maximum Gasteiger partial charge on any atom is 0.252 e. The summed E-state index contributed by atoms with van der Waals surface area (Å²) in [6.45, 7) is 0.641. The zero-order valence-electron chi connectivity index (χ0n) is 14.1. The lowest BCUT2D eigenvalue weighted by molar-refractivity contribution is -0.120. The molecule has 0 bridgehead atoms. The van der Waals surface area contributed by atoms with Crippen molar-refractivity contribution < 1.29 is 13.2 Å². The second-order valence-electron chi connectivity index (χ2n) is 6.26. The highest BCUT2D eigenvalue weighted by atomic mass is 35.5. The van der Waals surface area contributed by atoms with E-state index in [1.54, 1.807) is 22.9 Å². The monoisotopic (exact) mass is 441 g/mol. The molecule has 3 heterocycles. The minimum Gasteiger partial charge on any atom is -0.326 e. The van der Waals surface area contributed by atoms with Gasteiger partial charge in [-0.2, -0.15) is 4.31 Å². The number of carbonyl (C=O) groups is 1. The van der Waals surface area contributed by atoms with Gasteiger partial charge in [0.15, 0.2) is 0 Å². The minimum absolute atomic E-state index is 0.0826. The third-order valence-corrected chi connectivity index (χ3v) is 8.97. The van der Waals surface area contributed by atoms with Gasteiger partial charge in [-0.1, -0.05) is 11.6 Å². The van der Waals surface area contributed by atoms with E-state index in [-0.39, 0.29) is 16.0 Å². The highest BCUT2D eigenvalue weighted by molar-refractivity contribution is 7.91. The lowest BCUT2D eigenvalue weighted by atomic mass is 9.97. The van der Waals surface area contributed by atoms with Crippen LogP contribution in [0.1, 0.15) is 12.8 Å². The van der Waals surface area contributed by atoms with Crippen LogP contribution in [-0.2, 0) is 14.8 Å². The number of anilines is 1. The topological polar surface area (TPSA) is 79.4 Å². The molecule has 10 heteroatoms. The van der Waals surface area contributed by atoms with Crippen molar-refractivity contribution in [2.24, 2.45) is 5.92 Å². The van der Waals surface area contributed by atoms with Crippen molar-refractivity contribution in [2.45, 2.75) is 17.1 Å². The number of nitrogens with one attached hydrogen (secondary N) is 1. The number of nitrogens with zero attached hydrogens (tertiary/aromatic N) is 2. The van der Waals surface area contributed by atoms with Gasteiger partial charge in [0.05, 0.1) is 20.1 Å². The summed E-state index contributed by atoms with van der Waals surface area (Å²) in [6.07, 6.45) is 0.978. The molecular weight excluding hydrogens is 426 g/mol. The normalized spacial score (nSPS) is 16.6. The highest BCUT2D eigenvalue weighted by Gasteiger charge is 2.32. The van der Waals surface area contributed by atoms with Crippen molar-refractivity contribution in [1.82, 2.24) is 9.29 Å². The van der Waals surface area contributed by atoms with Crippen molar-refractivity contribution in [1.29, 1.82) is 0 Å². The number of rotatable bonds is 4. The summed E-state index contributed by atoms with van der Waals surface area (Å²) in [5, 5.41) is 2.92. The summed E-state index contributed by atoms with van der Waals surface area (Å²) in [4.78, 5) is 16.8. The number of hydrogen-bond donors (Lipinski definition) is 1. The molecule has 1 fully saturated rings. The number of hydrogen-bond acceptors (Lipinski definition) is 6. The van der Waals surface area contributed by atoms with Crippen LogP contribution < -0.4 is 5.32 Å². The molecule has 0 radical (unpaired) electrons. The molecule has 0 spiro atoms. The summed E-state index contributed by atoms with van der Waals surface area (Å²) in [5.41, 5.74) is 3.34. The molecule has 0 atom stereocenters. The zero-order valence-corrected chi connectivity index (χ0v) is 17.3. The minimum atomic E-state index is -3.54. The Morgan fingerprint density at radius 1 is 1.22 bits per heavy atom. The van der Waals surface area contributed by atoms with E-state index in [1.165, 1.54) is 10.4 Å². The van der Waals surface area contributed by atoms with Crippen molar-refractivity contribution in [3.05, 3.63) is 40.2 Å². The molecule has 142 valence electrons. The molecule has 1 aliphatic heterocycles. The molecule has 1 aromatic carbocycles. The number of fused-ring (bicyclic) bond motifs is 1. The second kappa shape index (κ2) is 7.48. The first-order chi connectivity index (χ1) is 12.9. The molecule has 0 saturated carbocycles. The second-order valence-corrected chi connectivity index (χ2v) is 11.0. The van der Waals surface area contributed by atoms with Crippen LogP contribution in [-0.4, -0.2) is 36.7 Å². The van der Waals surface area contributed by atoms with E-state index >= 15 is 0 Å². The molecule has 0 aliphatic carbocycles. The molecule has 1 saturated heterocycles. The van der Waals surface area contributed by atoms with E-state index in [9.17, 15) is 13.2 Å². The van der Waals surface area contributed by atoms with Gasteiger partial charge in [-0.3, -0.25) is 4.79 Å². The Labute approximate surface area is 169 Å². The molecule has 0 unspecified atom stereocenters. The standard InChI is InChI=1S/C17H16ClN3O3S3/c18-15-3-4-16(26-15)27(23,24)21-7-5-11(6-8-21)17(22)20-12-1-2-14-13(9-12)19-10-25-14/h1-4,9-11H,5-8H2,(H,20,22). The maximum atomic E-state index is 12.6. The fourth-order valence-electron chi connectivity index (χ4n) is 3.10. The Morgan fingerprint density at radius 2 is 2.00 bits per heavy atom. The number of sulfonamides is 1. The number of thiophene rings is 1. The largest absolute Gasteiger partial charge is 0.326 e. The summed E-state index contributed by atoms with van der Waals surface area (Å²) < 4.78 is 28.5. The Kier molecular flexibility index (Phi) is 5.21. The quantitative estimate of drug-likeness (QED) is 0.662. The molecular formula is C17H16ClN3O3S3. The summed E-state index contributed by atoms with van der Waals surface area (Å²) in [7, 11) is -3.54. The van der Waals surface area contributed by atoms with E-state index in [1.807, 2.05) is 18.2 Å². The Hall–Kier alpha value is -1.52. The first-order valence-corrected chi connectivity index (χ1v) is 11.8. The van der Waals surface area contributed by atoms with Crippen LogP contribution >= 0.6 is 34.3 Å². The van der Waals surface area contributed by atoms with Gasteiger partial charge in [-0.05, 0) is 43.2 Å². The fourth-order valence-corrected chi connectivity index (χ4v) is 6.87. The molecule has 1 aliphatic rings. The van der Waals surface area contributed by atoms with Gasteiger partial charge < -0.3 is 5.32 Å². The number of carbonyl (C=O) groups excluding carboxylic acids is 1. The van der Waals surface area contributed by atoms with Crippen LogP contribution in [0.3, 0.4) is 0 Å². The van der Waals surface area contributed by atoms with Crippen LogP contribution in [0.2, 0.25) is 4.34 Å². The molecule has 4 rings (SSSR count). The predicted molar refractivity (Wildman–Crippen MR) is 109 cm³/mol. The molecule has 2 aromatic heterocycles. The van der Waals surface area contributed by atoms with Gasteiger partial charge in [0.2, 0.25) is 5.91 Å². The number of amides is 1. The number of thiazole rings is 1. The molecule has 1 amide bonds. The molecule has 6 nitrogen and oxygen atoms in total. The number of piperidine rings is 1. The average molecular weight is 442 g/mol. The van der Waals surface area contributed by atoms with E-state index < -0.39 is 10.0 Å². The molecule has 1 N–H and O–H groups in total. The van der Waals surface area contributed by atoms with Gasteiger partial charge in [0, 0.05) is 24.7 Å². The fraction of sp³-hybridized carbons (Fsp3) is 0.294. The molecule has 27 heavy (non-hydrogen) atoms. The van der Waals surface area contributed by atoms with Crippen LogP contribution in [0, 0.1) is 5.92 Å². The van der Waals surface area contributed by atoms with E-state index in [0.29, 0.717) is 36.0 Å². The molecule has 3 aromatic rings. The van der Waals surface area contributed by atoms with Crippen LogP contribution in [0.5, 0.6) is 0 Å². The third-order valence-electron chi connectivity index (χ3n) is 4.57. The van der Waals surface area contributed by atoms with Gasteiger partial charge in [-0.15, -0.1) is 22.7 Å². The van der Waals surface area contributed by atoms with Gasteiger partial charge in [0.1, 0.15) is 4.21 Å². The summed E-state index contributed by atoms with van der Waals surface area (Å²) in [6, 6.07) is 8.75. The van der Waals surface area contributed by atoms with Crippen molar-refractivity contribution in [3.8, 4) is 0 Å². The number of halogens is 1. The van der Waals surface area contributed by atoms with Crippen LogP contribution in [0.4, 0.5) is 5.69 Å². The summed E-state index contributed by atoms with van der Waals surface area (Å²) >= 11 is 8.46. The predicted octanol–water partition coefficient (Wildman–Crippen LogP) is 4.05. The van der Waals surface area contributed by atoms with Gasteiger partial charge >= 0.3 is 0 Å². The first kappa shape index (κ1) is 18.8. The summed E-state index contributed by atoms with van der Waals surface area (Å²) in [5.74, 6) is -0.296. The first-order valence-electron chi connectivity index (χ1n) is 8.33. The third kappa shape index (κ3) is 3.88. The van der Waals surface area contributed by atoms with E-state index in [2.05, 4.69) is 10.3 Å². The van der Waals surface area contributed by atoms with Gasteiger partial charge in [-0.25, -0.2) is 13.4 Å². The van der Waals surface area contributed by atoms with Crippen molar-refractivity contribution in [2.75, 3.05) is 18.4 Å². The van der Waals surface area contributed by atoms with E-state index in [0.717, 1.165) is 21.6 Å². The highest BCUT2D eigenvalue weighted by Crippen LogP contribution is 2.31. The Bertz CT molecular complexity index is 1080. The number of benzene rings is 1. The lowest BCUT2D eigenvalue weighted by Gasteiger charge is -2.30. The SMILES string of the molecule is O=C(Nc1ccc2scnc2c1)C1CCN(S(=O)(=O)c2ccc(Cl)s2)CC1. The van der Waals surface area contributed by atoms with E-state index in [4.69, 9.17) is 11.6 Å². The maximum absolute atomic E-state index is 12.6. The van der Waals surface area contributed by atoms with Crippen LogP contribution in [0.15, 0.2) is 40.1 Å². The Morgan fingerprint density at radius 3 is 2.70 bits per heavy atom. The zero-order chi connectivity index (χ0) is 19.0. The van der Waals surface area contributed by atoms with Crippen molar-refractivity contribution >= 4 is 66.1 Å². The lowest BCUT2D eigenvalue weighted by Crippen LogP contribution is -2.41. The van der Waals surface area contributed by atoms with Gasteiger partial charge in [0.25, 0.3) is 10.0 Å². The Balaban J connectivity index is 1.39. The number of aromatic nitrogens is 1. The smallest absolute Gasteiger partial charge is 0.252 e. The van der Waals surface area contributed by atoms with Crippen molar-refractivity contribution in [3.63, 3.8) is 0 Å².